The molecule has 0 aliphatic carbocycles. The minimum absolute atomic E-state index is 0.109. The lowest BCUT2D eigenvalue weighted by Crippen LogP contribution is -2.08. The SMILES string of the molecule is CCC1=Nc2ccc([C@H](CN=O)c3ccc(C)nc3C)cc2C(Cl)=C(Cc2ccc(F)cc2)C1. The molecule has 4 rings (SSSR count). The molecule has 0 saturated heterocycles. The molecule has 1 aromatic heterocycles. The normalized spacial score (nSPS) is 14.3. The molecule has 2 aromatic carbocycles. The van der Waals surface area contributed by atoms with Gasteiger partial charge in [-0.3, -0.25) is 9.98 Å². The molecule has 0 saturated carbocycles. The third-order valence-corrected chi connectivity index (χ3v) is 6.77. The molecular formula is C28H27ClFN3O. The zero-order valence-corrected chi connectivity index (χ0v) is 20.4. The predicted molar refractivity (Wildman–Crippen MR) is 138 cm³/mol. The average Bonchev–Trinajstić information content (AvgIpc) is 2.95. The molecule has 0 radical (unpaired) electrons. The Morgan fingerprint density at radius 3 is 2.53 bits per heavy atom. The van der Waals surface area contributed by atoms with Gasteiger partial charge in [0.05, 0.1) is 12.2 Å². The lowest BCUT2D eigenvalue weighted by atomic mass is 9.88. The van der Waals surface area contributed by atoms with Gasteiger partial charge >= 0.3 is 0 Å². The summed E-state index contributed by atoms with van der Waals surface area (Å²) in [4.78, 5) is 20.8. The van der Waals surface area contributed by atoms with E-state index < -0.39 is 0 Å². The molecule has 0 spiro atoms. The van der Waals surface area contributed by atoms with Crippen LogP contribution in [0.15, 0.2) is 70.3 Å². The van der Waals surface area contributed by atoms with E-state index in [0.717, 1.165) is 57.0 Å². The summed E-state index contributed by atoms with van der Waals surface area (Å²) in [5, 5.41) is 3.88. The first-order valence-corrected chi connectivity index (χ1v) is 11.8. The summed E-state index contributed by atoms with van der Waals surface area (Å²) < 4.78 is 13.4. The molecule has 174 valence electrons. The highest BCUT2D eigenvalue weighted by Crippen LogP contribution is 2.40. The van der Waals surface area contributed by atoms with Crippen LogP contribution in [0.4, 0.5) is 10.1 Å². The number of rotatable bonds is 7. The summed E-state index contributed by atoms with van der Waals surface area (Å²) in [5.74, 6) is -0.481. The number of fused-ring (bicyclic) bond motifs is 1. The van der Waals surface area contributed by atoms with Crippen LogP contribution in [0.3, 0.4) is 0 Å². The summed E-state index contributed by atoms with van der Waals surface area (Å²) in [6.45, 7) is 6.09. The lowest BCUT2D eigenvalue weighted by Gasteiger charge is -2.19. The number of pyridine rings is 1. The van der Waals surface area contributed by atoms with Crippen LogP contribution in [-0.4, -0.2) is 17.2 Å². The molecule has 1 aliphatic heterocycles. The van der Waals surface area contributed by atoms with Crippen LogP contribution in [-0.2, 0) is 6.42 Å². The number of benzene rings is 2. The minimum atomic E-state index is -0.258. The van der Waals surface area contributed by atoms with E-state index in [4.69, 9.17) is 16.6 Å². The van der Waals surface area contributed by atoms with Crippen molar-refractivity contribution in [3.8, 4) is 0 Å². The van der Waals surface area contributed by atoms with E-state index in [1.54, 1.807) is 12.1 Å². The van der Waals surface area contributed by atoms with Gasteiger partial charge in [0.2, 0.25) is 0 Å². The molecule has 1 atom stereocenters. The van der Waals surface area contributed by atoms with Crippen LogP contribution >= 0.6 is 11.6 Å². The highest BCUT2D eigenvalue weighted by atomic mass is 35.5. The van der Waals surface area contributed by atoms with Gasteiger partial charge in [-0.15, -0.1) is 0 Å². The van der Waals surface area contributed by atoms with E-state index in [1.165, 1.54) is 12.1 Å². The number of aromatic nitrogens is 1. The lowest BCUT2D eigenvalue weighted by molar-refractivity contribution is 0.627. The predicted octanol–water partition coefficient (Wildman–Crippen LogP) is 7.81. The number of halogens is 2. The van der Waals surface area contributed by atoms with Gasteiger partial charge in [-0.1, -0.05) is 48.0 Å². The Bertz CT molecular complexity index is 1280. The average molecular weight is 476 g/mol. The quantitative estimate of drug-likeness (QED) is 0.327. The number of aryl methyl sites for hydroxylation is 2. The molecule has 0 N–H and O–H groups in total. The fraction of sp³-hybridized carbons (Fsp3) is 0.286. The molecule has 34 heavy (non-hydrogen) atoms. The first kappa shape index (κ1) is 24.0. The van der Waals surface area contributed by atoms with Gasteiger partial charge in [-0.25, -0.2) is 4.39 Å². The van der Waals surface area contributed by atoms with Crippen molar-refractivity contribution in [3.63, 3.8) is 0 Å². The Kier molecular flexibility index (Phi) is 7.32. The Morgan fingerprint density at radius 1 is 1.09 bits per heavy atom. The van der Waals surface area contributed by atoms with Crippen LogP contribution in [0.1, 0.15) is 59.3 Å². The Labute approximate surface area is 204 Å². The summed E-state index contributed by atoms with van der Waals surface area (Å²) in [7, 11) is 0. The molecule has 4 nitrogen and oxygen atoms in total. The molecule has 6 heteroatoms. The third-order valence-electron chi connectivity index (χ3n) is 6.30. The van der Waals surface area contributed by atoms with Gasteiger partial charge in [-0.2, -0.15) is 4.91 Å². The number of nitrogens with zero attached hydrogens (tertiary/aromatic N) is 3. The Hall–Kier alpha value is -3.18. The molecule has 3 aromatic rings. The van der Waals surface area contributed by atoms with Crippen molar-refractivity contribution in [2.24, 2.45) is 10.2 Å². The highest BCUT2D eigenvalue weighted by Gasteiger charge is 2.23. The van der Waals surface area contributed by atoms with Crippen molar-refractivity contribution in [3.05, 3.63) is 105 Å². The van der Waals surface area contributed by atoms with E-state index in [0.29, 0.717) is 17.9 Å². The van der Waals surface area contributed by atoms with E-state index >= 15 is 0 Å². The molecule has 2 heterocycles. The number of hydrogen-bond acceptors (Lipinski definition) is 4. The molecule has 1 aliphatic rings. The van der Waals surface area contributed by atoms with Crippen molar-refractivity contribution >= 4 is 28.0 Å². The summed E-state index contributed by atoms with van der Waals surface area (Å²) in [6, 6.07) is 16.5. The van der Waals surface area contributed by atoms with Crippen LogP contribution < -0.4 is 0 Å². The monoisotopic (exact) mass is 475 g/mol. The van der Waals surface area contributed by atoms with Gasteiger partial charge in [0.25, 0.3) is 0 Å². The second-order valence-corrected chi connectivity index (χ2v) is 9.08. The number of allylic oxidation sites excluding steroid dienone is 1. The summed E-state index contributed by atoms with van der Waals surface area (Å²) in [5.41, 5.74) is 8.48. The zero-order chi connectivity index (χ0) is 24.2. The molecule has 0 bridgehead atoms. The van der Waals surface area contributed by atoms with Crippen LogP contribution in [0.2, 0.25) is 0 Å². The fourth-order valence-corrected chi connectivity index (χ4v) is 4.77. The molecular weight excluding hydrogens is 449 g/mol. The van der Waals surface area contributed by atoms with Gasteiger partial charge in [0, 0.05) is 40.0 Å². The molecule has 0 unspecified atom stereocenters. The van der Waals surface area contributed by atoms with Gasteiger partial charge in [-0.05, 0) is 79.3 Å². The van der Waals surface area contributed by atoms with E-state index in [2.05, 4.69) is 17.1 Å². The second kappa shape index (κ2) is 10.4. The minimum Gasteiger partial charge on any atom is -0.258 e. The van der Waals surface area contributed by atoms with Crippen molar-refractivity contribution in [2.45, 2.75) is 46.0 Å². The van der Waals surface area contributed by atoms with Gasteiger partial charge in [0.15, 0.2) is 0 Å². The maximum Gasteiger partial charge on any atom is 0.123 e. The number of nitroso groups, excluding NO2 is 1. The largest absolute Gasteiger partial charge is 0.258 e. The highest BCUT2D eigenvalue weighted by molar-refractivity contribution is 6.50. The smallest absolute Gasteiger partial charge is 0.123 e. The summed E-state index contributed by atoms with van der Waals surface area (Å²) >= 11 is 7.01. The fourth-order valence-electron chi connectivity index (χ4n) is 4.48. The van der Waals surface area contributed by atoms with Crippen LogP contribution in [0.5, 0.6) is 0 Å². The van der Waals surface area contributed by atoms with E-state index in [1.807, 2.05) is 44.2 Å². The maximum atomic E-state index is 13.4. The van der Waals surface area contributed by atoms with Crippen molar-refractivity contribution in [2.75, 3.05) is 6.54 Å². The second-order valence-electron chi connectivity index (χ2n) is 8.70. The van der Waals surface area contributed by atoms with Crippen LogP contribution in [0.25, 0.3) is 5.03 Å². The van der Waals surface area contributed by atoms with Gasteiger partial charge < -0.3 is 0 Å². The first-order valence-electron chi connectivity index (χ1n) is 11.5. The number of aliphatic imine (C=N–C) groups is 1. The van der Waals surface area contributed by atoms with Crippen LogP contribution in [0, 0.1) is 24.6 Å². The molecule has 0 fully saturated rings. The Balaban J connectivity index is 1.81. The number of hydrogen-bond donors (Lipinski definition) is 0. The standard InChI is InChI=1S/C28H27ClFN3O/c1-4-23-14-21(13-19-6-9-22(30)10-7-19)28(29)25-15-20(8-12-27(25)33-23)26(16-31-34)24-11-5-17(2)32-18(24)3/h5-12,15,26H,4,13-14,16H2,1-3H3/t26-/m0/s1. The van der Waals surface area contributed by atoms with Crippen molar-refractivity contribution in [1.82, 2.24) is 4.98 Å². The van der Waals surface area contributed by atoms with E-state index in [-0.39, 0.29) is 18.3 Å². The zero-order valence-electron chi connectivity index (χ0n) is 19.6. The topological polar surface area (TPSA) is 54.7 Å². The van der Waals surface area contributed by atoms with E-state index in [9.17, 15) is 9.30 Å². The van der Waals surface area contributed by atoms with Crippen molar-refractivity contribution in [1.29, 1.82) is 0 Å². The molecule has 0 amide bonds. The first-order chi connectivity index (χ1) is 16.4. The van der Waals surface area contributed by atoms with Gasteiger partial charge in [0.1, 0.15) is 5.82 Å². The third kappa shape index (κ3) is 5.15. The Morgan fingerprint density at radius 2 is 1.85 bits per heavy atom. The maximum absolute atomic E-state index is 13.4. The summed E-state index contributed by atoms with van der Waals surface area (Å²) in [6.07, 6.45) is 2.09. The van der Waals surface area contributed by atoms with Crippen molar-refractivity contribution < 1.29 is 4.39 Å².